The predicted molar refractivity (Wildman–Crippen MR) is 117 cm³/mol. The van der Waals surface area contributed by atoms with Crippen LogP contribution in [0.15, 0.2) is 41.6 Å². The number of anilines is 2. The van der Waals surface area contributed by atoms with Gasteiger partial charge in [-0.15, -0.1) is 0 Å². The van der Waals surface area contributed by atoms with Crippen LogP contribution in [0.1, 0.15) is 48.0 Å². The number of benzene rings is 1. The highest BCUT2D eigenvalue weighted by molar-refractivity contribution is 7.89. The molecule has 0 bridgehead atoms. The summed E-state index contributed by atoms with van der Waals surface area (Å²) >= 11 is 0. The Balaban J connectivity index is 1.71. The van der Waals surface area contributed by atoms with E-state index in [2.05, 4.69) is 15.2 Å². The fraction of sp³-hybridized carbons (Fsp3) is 0.455. The number of piperidine rings is 1. The Bertz CT molecular complexity index is 1030. The van der Waals surface area contributed by atoms with E-state index in [1.54, 1.807) is 30.6 Å². The van der Waals surface area contributed by atoms with Crippen LogP contribution in [-0.2, 0) is 10.0 Å². The highest BCUT2D eigenvalue weighted by atomic mass is 32.2. The van der Waals surface area contributed by atoms with Crippen LogP contribution in [0.2, 0.25) is 0 Å². The molecule has 2 saturated heterocycles. The SMILES string of the molecule is Cc1ccncc1NC(=O)c1cc(S(=O)(=O)N2CCCCC2)ccc1N1CCCC1. The summed E-state index contributed by atoms with van der Waals surface area (Å²) in [5.74, 6) is -0.316. The first-order valence-corrected chi connectivity index (χ1v) is 12.0. The van der Waals surface area contributed by atoms with Crippen LogP contribution in [0.5, 0.6) is 0 Å². The third-order valence-corrected chi connectivity index (χ3v) is 7.79. The molecule has 2 aromatic rings. The van der Waals surface area contributed by atoms with Crippen molar-refractivity contribution in [3.63, 3.8) is 0 Å². The van der Waals surface area contributed by atoms with Gasteiger partial charge < -0.3 is 10.2 Å². The van der Waals surface area contributed by atoms with Gasteiger partial charge >= 0.3 is 0 Å². The summed E-state index contributed by atoms with van der Waals surface area (Å²) in [6.07, 6.45) is 8.21. The summed E-state index contributed by atoms with van der Waals surface area (Å²) in [4.78, 5) is 19.6. The fourth-order valence-electron chi connectivity index (χ4n) is 4.13. The molecule has 0 unspecified atom stereocenters. The van der Waals surface area contributed by atoms with E-state index in [1.807, 2.05) is 13.0 Å². The smallest absolute Gasteiger partial charge is 0.257 e. The summed E-state index contributed by atoms with van der Waals surface area (Å²) in [6.45, 7) is 4.70. The molecule has 2 aliphatic rings. The number of amides is 1. The lowest BCUT2D eigenvalue weighted by Crippen LogP contribution is -2.35. The first kappa shape index (κ1) is 20.8. The number of aryl methyl sites for hydroxylation is 1. The Labute approximate surface area is 178 Å². The van der Waals surface area contributed by atoms with Crippen LogP contribution < -0.4 is 10.2 Å². The Morgan fingerprint density at radius 3 is 2.40 bits per heavy atom. The van der Waals surface area contributed by atoms with Crippen molar-refractivity contribution < 1.29 is 13.2 Å². The van der Waals surface area contributed by atoms with Crippen LogP contribution in [-0.4, -0.2) is 49.8 Å². The Morgan fingerprint density at radius 2 is 1.70 bits per heavy atom. The number of nitrogens with zero attached hydrogens (tertiary/aromatic N) is 3. The number of carbonyl (C=O) groups excluding carboxylic acids is 1. The molecule has 0 spiro atoms. The lowest BCUT2D eigenvalue weighted by Gasteiger charge is -2.27. The molecule has 7 nitrogen and oxygen atoms in total. The van der Waals surface area contributed by atoms with Crippen molar-refractivity contribution in [2.45, 2.75) is 43.9 Å². The zero-order chi connectivity index (χ0) is 21.1. The van der Waals surface area contributed by atoms with Gasteiger partial charge in [-0.2, -0.15) is 4.31 Å². The molecule has 1 amide bonds. The van der Waals surface area contributed by atoms with Gasteiger partial charge in [0.1, 0.15) is 0 Å². The fourth-order valence-corrected chi connectivity index (χ4v) is 5.67. The minimum absolute atomic E-state index is 0.181. The number of sulfonamides is 1. The van der Waals surface area contributed by atoms with Gasteiger partial charge in [-0.3, -0.25) is 9.78 Å². The van der Waals surface area contributed by atoms with Crippen LogP contribution in [0.25, 0.3) is 0 Å². The van der Waals surface area contributed by atoms with Gasteiger partial charge in [0.25, 0.3) is 5.91 Å². The highest BCUT2D eigenvalue weighted by Crippen LogP contribution is 2.30. The molecule has 2 fully saturated rings. The molecule has 1 N–H and O–H groups in total. The molecule has 2 aliphatic heterocycles. The van der Waals surface area contributed by atoms with Crippen molar-refractivity contribution in [2.75, 3.05) is 36.4 Å². The molecule has 0 aliphatic carbocycles. The van der Waals surface area contributed by atoms with Gasteiger partial charge in [0.15, 0.2) is 0 Å². The maximum absolute atomic E-state index is 13.2. The lowest BCUT2D eigenvalue weighted by atomic mass is 10.1. The number of pyridine rings is 1. The quantitative estimate of drug-likeness (QED) is 0.789. The Morgan fingerprint density at radius 1 is 1.00 bits per heavy atom. The molecule has 0 radical (unpaired) electrons. The topological polar surface area (TPSA) is 82.6 Å². The van der Waals surface area contributed by atoms with Gasteiger partial charge in [0, 0.05) is 38.1 Å². The minimum atomic E-state index is -3.62. The molecule has 160 valence electrons. The van der Waals surface area contributed by atoms with Crippen LogP contribution in [0.4, 0.5) is 11.4 Å². The van der Waals surface area contributed by atoms with Crippen LogP contribution >= 0.6 is 0 Å². The summed E-state index contributed by atoms with van der Waals surface area (Å²) < 4.78 is 27.9. The van der Waals surface area contributed by atoms with E-state index >= 15 is 0 Å². The molecule has 3 heterocycles. The highest BCUT2D eigenvalue weighted by Gasteiger charge is 2.29. The summed E-state index contributed by atoms with van der Waals surface area (Å²) in [7, 11) is -3.62. The van der Waals surface area contributed by atoms with E-state index in [9.17, 15) is 13.2 Å². The predicted octanol–water partition coefficient (Wildman–Crippen LogP) is 3.42. The van der Waals surface area contributed by atoms with Crippen LogP contribution in [0, 0.1) is 6.92 Å². The van der Waals surface area contributed by atoms with Gasteiger partial charge in [-0.05, 0) is 62.4 Å². The molecule has 30 heavy (non-hydrogen) atoms. The maximum atomic E-state index is 13.2. The Kier molecular flexibility index (Phi) is 6.06. The van der Waals surface area contributed by atoms with Gasteiger partial charge in [-0.25, -0.2) is 8.42 Å². The van der Waals surface area contributed by atoms with Gasteiger partial charge in [0.05, 0.1) is 22.3 Å². The second kappa shape index (κ2) is 8.73. The molecule has 1 aromatic heterocycles. The van der Waals surface area contributed by atoms with E-state index in [1.165, 1.54) is 4.31 Å². The maximum Gasteiger partial charge on any atom is 0.257 e. The van der Waals surface area contributed by atoms with E-state index < -0.39 is 10.0 Å². The van der Waals surface area contributed by atoms with Gasteiger partial charge in [-0.1, -0.05) is 6.42 Å². The summed E-state index contributed by atoms with van der Waals surface area (Å²) in [5.41, 5.74) is 2.69. The second-order valence-electron chi connectivity index (χ2n) is 7.98. The van der Waals surface area contributed by atoms with Crippen LogP contribution in [0.3, 0.4) is 0 Å². The van der Waals surface area contributed by atoms with Crippen molar-refractivity contribution in [3.05, 3.63) is 47.8 Å². The van der Waals surface area contributed by atoms with Crippen molar-refractivity contribution in [3.8, 4) is 0 Å². The first-order chi connectivity index (χ1) is 14.5. The monoisotopic (exact) mass is 428 g/mol. The second-order valence-corrected chi connectivity index (χ2v) is 9.92. The molecule has 4 rings (SSSR count). The molecule has 8 heteroatoms. The van der Waals surface area contributed by atoms with E-state index in [4.69, 9.17) is 0 Å². The third kappa shape index (κ3) is 4.20. The van der Waals surface area contributed by atoms with Crippen molar-refractivity contribution in [1.82, 2.24) is 9.29 Å². The van der Waals surface area contributed by atoms with E-state index in [-0.39, 0.29) is 10.8 Å². The third-order valence-electron chi connectivity index (χ3n) is 5.90. The number of carbonyl (C=O) groups is 1. The number of hydrogen-bond donors (Lipinski definition) is 1. The van der Waals surface area contributed by atoms with E-state index in [0.29, 0.717) is 24.3 Å². The average molecular weight is 429 g/mol. The molecular formula is C22H28N4O3S. The van der Waals surface area contributed by atoms with Crippen molar-refractivity contribution >= 4 is 27.3 Å². The lowest BCUT2D eigenvalue weighted by molar-refractivity contribution is 0.102. The number of rotatable bonds is 5. The largest absolute Gasteiger partial charge is 0.371 e. The minimum Gasteiger partial charge on any atom is -0.371 e. The molecule has 0 saturated carbocycles. The number of aromatic nitrogens is 1. The number of hydrogen-bond acceptors (Lipinski definition) is 5. The first-order valence-electron chi connectivity index (χ1n) is 10.6. The number of nitrogens with one attached hydrogen (secondary N) is 1. The summed E-state index contributed by atoms with van der Waals surface area (Å²) in [5, 5.41) is 2.91. The van der Waals surface area contributed by atoms with Gasteiger partial charge in [0.2, 0.25) is 10.0 Å². The standard InChI is InChI=1S/C22H28N4O3S/c1-17-9-10-23-16-20(17)24-22(27)19-15-18(7-8-21(19)25-11-5-6-12-25)30(28,29)26-13-3-2-4-14-26/h7-10,15-16H,2-6,11-14H2,1H3,(H,24,27). The zero-order valence-corrected chi connectivity index (χ0v) is 18.1. The molecular weight excluding hydrogens is 400 g/mol. The van der Waals surface area contributed by atoms with Crippen molar-refractivity contribution in [1.29, 1.82) is 0 Å². The average Bonchev–Trinajstić information content (AvgIpc) is 3.30. The molecule has 0 atom stereocenters. The van der Waals surface area contributed by atoms with E-state index in [0.717, 1.165) is 56.4 Å². The van der Waals surface area contributed by atoms with Crippen molar-refractivity contribution in [2.24, 2.45) is 0 Å². The molecule has 1 aromatic carbocycles. The zero-order valence-electron chi connectivity index (χ0n) is 17.3. The summed E-state index contributed by atoms with van der Waals surface area (Å²) in [6, 6.07) is 6.80. The Hall–Kier alpha value is -2.45. The normalized spacial score (nSPS) is 17.8.